The molecule has 186 valence electrons. The number of hydrogen-bond acceptors (Lipinski definition) is 6. The normalized spacial score (nSPS) is 9.06. The molecule has 6 nitrogen and oxygen atoms in total. The van der Waals surface area contributed by atoms with Gasteiger partial charge in [-0.05, 0) is 41.5 Å². The van der Waals surface area contributed by atoms with Gasteiger partial charge in [0.05, 0.1) is 28.5 Å². The Labute approximate surface area is 266 Å². The molecule has 2 aromatic carbocycles. The molecular formula is C28H32N4O2Y2-4. The van der Waals surface area contributed by atoms with Crippen molar-refractivity contribution in [1.82, 2.24) is 19.9 Å². The van der Waals surface area contributed by atoms with E-state index in [9.17, 15) is 0 Å². The molecule has 0 saturated heterocycles. The second-order valence-corrected chi connectivity index (χ2v) is 7.23. The fourth-order valence-electron chi connectivity index (χ4n) is 2.92. The summed E-state index contributed by atoms with van der Waals surface area (Å²) in [4.78, 5) is 17.3. The van der Waals surface area contributed by atoms with Crippen molar-refractivity contribution in [3.05, 3.63) is 110 Å². The average Bonchev–Trinajstić information content (AvgIpc) is 2.76. The molecule has 2 aromatic heterocycles. The molecule has 0 N–H and O–H groups in total. The van der Waals surface area contributed by atoms with Gasteiger partial charge in [-0.1, -0.05) is 0 Å². The third kappa shape index (κ3) is 10.8. The van der Waals surface area contributed by atoms with Crippen LogP contribution in [0.4, 0.5) is 0 Å². The van der Waals surface area contributed by atoms with Crippen LogP contribution in [0, 0.1) is 68.5 Å². The number of aryl methyl sites for hydroxylation is 6. The minimum absolute atomic E-state index is 0. The van der Waals surface area contributed by atoms with E-state index in [2.05, 4.69) is 32.1 Å². The van der Waals surface area contributed by atoms with Crippen LogP contribution < -0.4 is 9.47 Å². The molecular weight excluding hydrogens is 602 g/mol. The molecule has 36 heavy (non-hydrogen) atoms. The molecule has 0 saturated carbocycles. The van der Waals surface area contributed by atoms with Crippen LogP contribution in [0.15, 0.2) is 48.5 Å². The number of hydrogen-bond donors (Lipinski definition) is 0. The Morgan fingerprint density at radius 3 is 1.42 bits per heavy atom. The Morgan fingerprint density at radius 2 is 0.944 bits per heavy atom. The van der Waals surface area contributed by atoms with Crippen LogP contribution in [-0.4, -0.2) is 19.9 Å². The minimum atomic E-state index is 0. The molecule has 2 radical (unpaired) electrons. The second-order valence-electron chi connectivity index (χ2n) is 7.23. The third-order valence-corrected chi connectivity index (χ3v) is 4.56. The SMILES string of the molecule is Cc1nc(C)c(Oc2cc[c-]cc2)c(C)n1.Cc1nc(C)c(Oc2cc[c-]cc2)nc1C.[CH3-].[CH3-].[Y].[Y]. The van der Waals surface area contributed by atoms with Crippen molar-refractivity contribution in [2.24, 2.45) is 0 Å². The van der Waals surface area contributed by atoms with Gasteiger partial charge in [0.2, 0.25) is 5.88 Å². The summed E-state index contributed by atoms with van der Waals surface area (Å²) in [5.74, 6) is 3.59. The molecule has 0 aliphatic carbocycles. The van der Waals surface area contributed by atoms with Gasteiger partial charge >= 0.3 is 0 Å². The summed E-state index contributed by atoms with van der Waals surface area (Å²) in [6, 6.07) is 20.5. The summed E-state index contributed by atoms with van der Waals surface area (Å²) in [6.07, 6.45) is 0. The maximum atomic E-state index is 5.75. The summed E-state index contributed by atoms with van der Waals surface area (Å²) in [5.41, 5.74) is 4.35. The zero-order valence-corrected chi connectivity index (χ0v) is 28.1. The monoisotopic (exact) mass is 634 g/mol. The molecule has 4 aromatic rings. The first-order valence-electron chi connectivity index (χ1n) is 10.2. The second kappa shape index (κ2) is 17.8. The predicted molar refractivity (Wildman–Crippen MR) is 136 cm³/mol. The Bertz CT molecular complexity index is 1170. The first-order valence-corrected chi connectivity index (χ1v) is 10.2. The first-order chi connectivity index (χ1) is 15.3. The topological polar surface area (TPSA) is 70.0 Å². The van der Waals surface area contributed by atoms with Crippen LogP contribution in [0.3, 0.4) is 0 Å². The van der Waals surface area contributed by atoms with E-state index in [-0.39, 0.29) is 80.3 Å². The van der Waals surface area contributed by atoms with Crippen LogP contribution >= 0.6 is 0 Å². The van der Waals surface area contributed by atoms with E-state index >= 15 is 0 Å². The number of nitrogens with zero attached hydrogens (tertiary/aromatic N) is 4. The van der Waals surface area contributed by atoms with E-state index in [1.54, 1.807) is 12.1 Å². The Balaban J connectivity index is 0. The summed E-state index contributed by atoms with van der Waals surface area (Å²) < 4.78 is 11.4. The van der Waals surface area contributed by atoms with Gasteiger partial charge in [-0.15, -0.1) is 24.3 Å². The fraction of sp³-hybridized carbons (Fsp3) is 0.214. The zero-order chi connectivity index (χ0) is 23.1. The molecule has 4 rings (SSSR count). The Hall–Kier alpha value is -1.59. The van der Waals surface area contributed by atoms with E-state index in [4.69, 9.17) is 9.47 Å². The maximum Gasteiger partial charge on any atom is 0.239 e. The number of aromatic nitrogens is 4. The molecule has 0 bridgehead atoms. The molecule has 0 aliphatic heterocycles. The molecule has 0 fully saturated rings. The maximum absolute atomic E-state index is 5.75. The largest absolute Gasteiger partial charge is 0.479 e. The molecule has 0 atom stereocenters. The van der Waals surface area contributed by atoms with Crippen LogP contribution in [0.25, 0.3) is 0 Å². The first kappa shape index (κ1) is 36.6. The van der Waals surface area contributed by atoms with E-state index in [1.165, 1.54) is 0 Å². The van der Waals surface area contributed by atoms with Gasteiger partial charge in [0.15, 0.2) is 5.75 Å². The van der Waals surface area contributed by atoms with Gasteiger partial charge in [0.1, 0.15) is 5.82 Å². The summed E-state index contributed by atoms with van der Waals surface area (Å²) in [7, 11) is 0. The number of benzene rings is 2. The van der Waals surface area contributed by atoms with Crippen LogP contribution in [0.1, 0.15) is 34.3 Å². The van der Waals surface area contributed by atoms with Gasteiger partial charge in [0.25, 0.3) is 0 Å². The van der Waals surface area contributed by atoms with Crippen LogP contribution in [-0.2, 0) is 65.4 Å². The van der Waals surface area contributed by atoms with E-state index in [1.807, 2.05) is 77.9 Å². The van der Waals surface area contributed by atoms with E-state index < -0.39 is 0 Å². The summed E-state index contributed by atoms with van der Waals surface area (Å²) in [6.45, 7) is 11.5. The van der Waals surface area contributed by atoms with Crippen molar-refractivity contribution in [3.8, 4) is 23.1 Å². The smallest absolute Gasteiger partial charge is 0.239 e. The molecule has 0 unspecified atom stereocenters. The summed E-state index contributed by atoms with van der Waals surface area (Å²) in [5, 5.41) is 0. The van der Waals surface area contributed by atoms with Gasteiger partial charge < -0.3 is 24.3 Å². The van der Waals surface area contributed by atoms with Crippen molar-refractivity contribution in [3.63, 3.8) is 0 Å². The van der Waals surface area contributed by atoms with Gasteiger partial charge in [-0.3, -0.25) is 4.98 Å². The molecule has 8 heteroatoms. The molecule has 0 amide bonds. The summed E-state index contributed by atoms with van der Waals surface area (Å²) >= 11 is 0. The minimum Gasteiger partial charge on any atom is -0.479 e. The van der Waals surface area contributed by atoms with Gasteiger partial charge in [0, 0.05) is 76.9 Å². The van der Waals surface area contributed by atoms with Crippen molar-refractivity contribution in [1.29, 1.82) is 0 Å². The molecule has 0 spiro atoms. The fourth-order valence-corrected chi connectivity index (χ4v) is 2.92. The third-order valence-electron chi connectivity index (χ3n) is 4.56. The predicted octanol–water partition coefficient (Wildman–Crippen LogP) is 6.88. The number of ether oxygens (including phenoxy) is 2. The number of rotatable bonds is 4. The van der Waals surface area contributed by atoms with Gasteiger partial charge in [-0.25, -0.2) is 15.0 Å². The Morgan fingerprint density at radius 1 is 0.528 bits per heavy atom. The quantitative estimate of drug-likeness (QED) is 0.228. The van der Waals surface area contributed by atoms with E-state index in [0.29, 0.717) is 5.88 Å². The standard InChI is InChI=1S/2C13H13N2O.2CH3.2Y/c1-9-13(10(2)15-11(3)14-9)16-12-7-5-4-6-8-12;1-9-10(2)15-13(11(3)14-9)16-12-7-5-4-6-8-12;;;;/h2*5-8H,1-3H3;2*1H3;;/q4*-1;;. The zero-order valence-electron chi connectivity index (χ0n) is 22.4. The van der Waals surface area contributed by atoms with Crippen molar-refractivity contribution < 1.29 is 74.9 Å². The van der Waals surface area contributed by atoms with Crippen LogP contribution in [0.5, 0.6) is 23.1 Å². The molecule has 0 aliphatic rings. The van der Waals surface area contributed by atoms with E-state index in [0.717, 1.165) is 51.5 Å². The van der Waals surface area contributed by atoms with Crippen LogP contribution in [0.2, 0.25) is 0 Å². The van der Waals surface area contributed by atoms with Crippen molar-refractivity contribution >= 4 is 0 Å². The van der Waals surface area contributed by atoms with Crippen molar-refractivity contribution in [2.75, 3.05) is 0 Å². The molecule has 2 heterocycles. The van der Waals surface area contributed by atoms with Crippen molar-refractivity contribution in [2.45, 2.75) is 41.5 Å². The Kier molecular flexibility index (Phi) is 18.1. The van der Waals surface area contributed by atoms with Gasteiger partial charge in [-0.2, -0.15) is 36.4 Å². The average molecular weight is 634 g/mol.